The molecule has 1 N–H and O–H groups in total. The molecule has 5 nitrogen and oxygen atoms in total. The highest BCUT2D eigenvalue weighted by molar-refractivity contribution is 7.96. The van der Waals surface area contributed by atoms with Crippen LogP contribution in [-0.4, -0.2) is 21.5 Å². The summed E-state index contributed by atoms with van der Waals surface area (Å²) in [5, 5.41) is 2.47. The van der Waals surface area contributed by atoms with E-state index in [1.54, 1.807) is 19.1 Å². The zero-order valence-electron chi connectivity index (χ0n) is 13.4. The zero-order valence-corrected chi connectivity index (χ0v) is 14.2. The van der Waals surface area contributed by atoms with Crippen molar-refractivity contribution in [3.05, 3.63) is 70.8 Å². The summed E-state index contributed by atoms with van der Waals surface area (Å²) in [4.78, 5) is 11.2. The van der Waals surface area contributed by atoms with Gasteiger partial charge in [-0.1, -0.05) is 12.1 Å². The Morgan fingerprint density at radius 2 is 1.84 bits per heavy atom. The Hall–Kier alpha value is -2.74. The Morgan fingerprint density at radius 1 is 1.12 bits per heavy atom. The van der Waals surface area contributed by atoms with E-state index in [1.165, 1.54) is 18.2 Å². The van der Waals surface area contributed by atoms with Crippen LogP contribution in [-0.2, 0) is 19.4 Å². The molecule has 0 saturated heterocycles. The van der Waals surface area contributed by atoms with Gasteiger partial charge in [0.15, 0.2) is 16.5 Å². The molecule has 0 saturated carbocycles. The number of nitrogens with one attached hydrogen (secondary N) is 1. The standard InChI is InChI=1S/C17H15F2NO4S/c1-11-4-3-5-13(8-11)25(22,23)16(17(21)24-2)10-20-12-6-7-14(18)15(19)9-12/h3-10,20H,1-2H3/b16-10+. The number of anilines is 1. The highest BCUT2D eigenvalue weighted by atomic mass is 32.2. The average molecular weight is 367 g/mol. The average Bonchev–Trinajstić information content (AvgIpc) is 2.57. The largest absolute Gasteiger partial charge is 0.465 e. The van der Waals surface area contributed by atoms with Crippen LogP contribution in [0.15, 0.2) is 58.5 Å². The summed E-state index contributed by atoms with van der Waals surface area (Å²) in [7, 11) is -3.13. The van der Waals surface area contributed by atoms with Crippen LogP contribution >= 0.6 is 0 Å². The van der Waals surface area contributed by atoms with E-state index in [-0.39, 0.29) is 10.6 Å². The van der Waals surface area contributed by atoms with Crippen LogP contribution in [0.3, 0.4) is 0 Å². The molecule has 0 unspecified atom stereocenters. The summed E-state index contributed by atoms with van der Waals surface area (Å²) in [5.41, 5.74) is 0.763. The molecule has 25 heavy (non-hydrogen) atoms. The van der Waals surface area contributed by atoms with Gasteiger partial charge in [-0.05, 0) is 36.8 Å². The second-order valence-corrected chi connectivity index (χ2v) is 7.01. The van der Waals surface area contributed by atoms with Crippen LogP contribution in [0.4, 0.5) is 14.5 Å². The van der Waals surface area contributed by atoms with E-state index in [1.807, 2.05) is 0 Å². The third-order valence-electron chi connectivity index (χ3n) is 3.27. The quantitative estimate of drug-likeness (QED) is 0.649. The number of carbonyl (C=O) groups is 1. The first-order valence-electron chi connectivity index (χ1n) is 7.07. The molecule has 0 fully saturated rings. The number of aryl methyl sites for hydroxylation is 1. The SMILES string of the molecule is COC(=O)/C(=C\Nc1ccc(F)c(F)c1)S(=O)(=O)c1cccc(C)c1. The van der Waals surface area contributed by atoms with Gasteiger partial charge in [0.2, 0.25) is 9.84 Å². The first kappa shape index (κ1) is 18.6. The lowest BCUT2D eigenvalue weighted by Gasteiger charge is -2.09. The monoisotopic (exact) mass is 367 g/mol. The molecule has 0 heterocycles. The Labute approximate surface area is 143 Å². The third kappa shape index (κ3) is 4.21. The minimum absolute atomic E-state index is 0.0692. The fourth-order valence-electron chi connectivity index (χ4n) is 1.99. The molecule has 0 aromatic heterocycles. The molecule has 0 radical (unpaired) electrons. The highest BCUT2D eigenvalue weighted by Gasteiger charge is 2.28. The summed E-state index contributed by atoms with van der Waals surface area (Å²) in [5.74, 6) is -3.24. The predicted octanol–water partition coefficient (Wildman–Crippen LogP) is 3.17. The van der Waals surface area contributed by atoms with E-state index in [0.29, 0.717) is 5.56 Å². The number of benzene rings is 2. The number of halogens is 2. The minimum atomic E-state index is -4.17. The molecular weight excluding hydrogens is 352 g/mol. The molecule has 0 amide bonds. The topological polar surface area (TPSA) is 72.5 Å². The summed E-state index contributed by atoms with van der Waals surface area (Å²) in [6.45, 7) is 1.71. The molecule has 8 heteroatoms. The fourth-order valence-corrected chi connectivity index (χ4v) is 3.36. The van der Waals surface area contributed by atoms with Gasteiger partial charge >= 0.3 is 5.97 Å². The van der Waals surface area contributed by atoms with Crippen molar-refractivity contribution < 1.29 is 26.7 Å². The van der Waals surface area contributed by atoms with E-state index in [9.17, 15) is 22.0 Å². The number of esters is 1. The van der Waals surface area contributed by atoms with E-state index < -0.39 is 32.3 Å². The van der Waals surface area contributed by atoms with Crippen LogP contribution in [0.5, 0.6) is 0 Å². The third-order valence-corrected chi connectivity index (χ3v) is 5.00. The number of hydrogen-bond donors (Lipinski definition) is 1. The van der Waals surface area contributed by atoms with Gasteiger partial charge in [-0.2, -0.15) is 0 Å². The molecule has 2 rings (SSSR count). The van der Waals surface area contributed by atoms with Crippen LogP contribution in [0.2, 0.25) is 0 Å². The van der Waals surface area contributed by atoms with E-state index in [2.05, 4.69) is 10.1 Å². The molecule has 2 aromatic rings. The molecule has 0 atom stereocenters. The number of carbonyl (C=O) groups excluding carboxylic acids is 1. The number of methoxy groups -OCH3 is 1. The van der Waals surface area contributed by atoms with Gasteiger partial charge in [-0.15, -0.1) is 0 Å². The van der Waals surface area contributed by atoms with Gasteiger partial charge in [0, 0.05) is 18.0 Å². The molecule has 0 bridgehead atoms. The summed E-state index contributed by atoms with van der Waals surface area (Å²) in [6, 6.07) is 8.90. The van der Waals surface area contributed by atoms with Crippen LogP contribution in [0.25, 0.3) is 0 Å². The van der Waals surface area contributed by atoms with Gasteiger partial charge in [0.05, 0.1) is 12.0 Å². The Bertz CT molecular complexity index is 939. The molecule has 0 aliphatic rings. The van der Waals surface area contributed by atoms with Crippen molar-refractivity contribution in [1.82, 2.24) is 0 Å². The van der Waals surface area contributed by atoms with Gasteiger partial charge in [-0.25, -0.2) is 22.0 Å². The smallest absolute Gasteiger partial charge is 0.351 e. The second-order valence-electron chi connectivity index (χ2n) is 5.09. The summed E-state index contributed by atoms with van der Waals surface area (Å²) < 4.78 is 56.1. The maximum atomic E-state index is 13.2. The molecule has 2 aromatic carbocycles. The zero-order chi connectivity index (χ0) is 18.6. The van der Waals surface area contributed by atoms with Crippen molar-refractivity contribution in [3.8, 4) is 0 Å². The van der Waals surface area contributed by atoms with Crippen molar-refractivity contribution in [2.75, 3.05) is 12.4 Å². The Morgan fingerprint density at radius 3 is 2.44 bits per heavy atom. The Kier molecular flexibility index (Phi) is 5.53. The van der Waals surface area contributed by atoms with Crippen LogP contribution in [0, 0.1) is 18.6 Å². The second kappa shape index (κ2) is 7.43. The fraction of sp³-hybridized carbons (Fsp3) is 0.118. The molecule has 0 aliphatic heterocycles. The predicted molar refractivity (Wildman–Crippen MR) is 88.4 cm³/mol. The van der Waals surface area contributed by atoms with E-state index in [0.717, 1.165) is 25.4 Å². The molecule has 0 spiro atoms. The van der Waals surface area contributed by atoms with Crippen molar-refractivity contribution >= 4 is 21.5 Å². The van der Waals surface area contributed by atoms with E-state index >= 15 is 0 Å². The van der Waals surface area contributed by atoms with Crippen molar-refractivity contribution in [2.24, 2.45) is 0 Å². The number of sulfone groups is 1. The minimum Gasteiger partial charge on any atom is -0.465 e. The lowest BCUT2D eigenvalue weighted by atomic mass is 10.2. The van der Waals surface area contributed by atoms with Crippen molar-refractivity contribution in [2.45, 2.75) is 11.8 Å². The molecule has 0 aliphatic carbocycles. The van der Waals surface area contributed by atoms with Gasteiger partial charge < -0.3 is 10.1 Å². The first-order chi connectivity index (χ1) is 11.8. The maximum Gasteiger partial charge on any atom is 0.351 e. The van der Waals surface area contributed by atoms with Crippen LogP contribution in [0.1, 0.15) is 5.56 Å². The van der Waals surface area contributed by atoms with Gasteiger partial charge in [0.25, 0.3) is 0 Å². The highest BCUT2D eigenvalue weighted by Crippen LogP contribution is 2.22. The van der Waals surface area contributed by atoms with E-state index in [4.69, 9.17) is 0 Å². The normalized spacial score (nSPS) is 11.9. The van der Waals surface area contributed by atoms with Crippen molar-refractivity contribution in [1.29, 1.82) is 0 Å². The summed E-state index contributed by atoms with van der Waals surface area (Å²) >= 11 is 0. The Balaban J connectivity index is 2.45. The lowest BCUT2D eigenvalue weighted by molar-refractivity contribution is -0.135. The van der Waals surface area contributed by atoms with Crippen LogP contribution < -0.4 is 5.32 Å². The van der Waals surface area contributed by atoms with Gasteiger partial charge in [0.1, 0.15) is 0 Å². The number of rotatable bonds is 5. The van der Waals surface area contributed by atoms with Crippen molar-refractivity contribution in [3.63, 3.8) is 0 Å². The van der Waals surface area contributed by atoms with Gasteiger partial charge in [-0.3, -0.25) is 0 Å². The maximum absolute atomic E-state index is 13.2. The number of ether oxygens (including phenoxy) is 1. The summed E-state index contributed by atoms with van der Waals surface area (Å²) in [6.07, 6.45) is 0.885. The first-order valence-corrected chi connectivity index (χ1v) is 8.56. The lowest BCUT2D eigenvalue weighted by Crippen LogP contribution is -2.17. The molecule has 132 valence electrons. The molecular formula is C17H15F2NO4S. The number of hydrogen-bond acceptors (Lipinski definition) is 5.